The highest BCUT2D eigenvalue weighted by molar-refractivity contribution is 7.88. The summed E-state index contributed by atoms with van der Waals surface area (Å²) in [4.78, 5) is 29.7. The Bertz CT molecular complexity index is 846. The van der Waals surface area contributed by atoms with E-state index < -0.39 is 10.0 Å². The number of carbonyl (C=O) groups is 2. The van der Waals surface area contributed by atoms with Gasteiger partial charge in [-0.2, -0.15) is 0 Å². The molecule has 9 nitrogen and oxygen atoms in total. The van der Waals surface area contributed by atoms with Crippen molar-refractivity contribution in [3.63, 3.8) is 0 Å². The van der Waals surface area contributed by atoms with Crippen molar-refractivity contribution in [2.75, 3.05) is 26.0 Å². The van der Waals surface area contributed by atoms with Crippen LogP contribution in [0.4, 0.5) is 4.79 Å². The Kier molecular flexibility index (Phi) is 8.09. The first-order valence-corrected chi connectivity index (χ1v) is 14.8. The van der Waals surface area contributed by atoms with E-state index in [9.17, 15) is 18.0 Å². The molecule has 0 aromatic carbocycles. The number of hydrogen-bond donors (Lipinski definition) is 1. The molecule has 1 N–H and O–H groups in total. The second-order valence-electron chi connectivity index (χ2n) is 10.8. The number of carbonyl (C=O) groups excluding carboxylic acids is 2. The standard InChI is InChI=1S/C24H41N3O6S/c1-16-15-26(24(29)33-21-9-11-32-12-10-21)23-14-19(7-8-22(23)27(16)17(2)28)18-5-4-6-20(13-18)25-34(3,30)31/h16,18-23,25H,4-15H2,1-3H3/t16-,18?,19?,20?,22?,23?/m0/s1. The van der Waals surface area contributed by atoms with Crippen LogP contribution in [0.25, 0.3) is 0 Å². The molecule has 0 spiro atoms. The Hall–Kier alpha value is -1.39. The summed E-state index contributed by atoms with van der Waals surface area (Å²) in [6, 6.07) is -0.112. The molecule has 2 aliphatic carbocycles. The molecule has 2 amide bonds. The Morgan fingerprint density at radius 1 is 0.971 bits per heavy atom. The fourth-order valence-corrected chi connectivity index (χ4v) is 7.73. The van der Waals surface area contributed by atoms with E-state index in [4.69, 9.17) is 9.47 Å². The van der Waals surface area contributed by atoms with Gasteiger partial charge in [0, 0.05) is 38.4 Å². The summed E-state index contributed by atoms with van der Waals surface area (Å²) in [6.07, 6.45) is 8.80. The predicted octanol–water partition coefficient (Wildman–Crippen LogP) is 2.50. The molecule has 10 heteroatoms. The van der Waals surface area contributed by atoms with E-state index in [1.165, 1.54) is 6.26 Å². The van der Waals surface area contributed by atoms with Gasteiger partial charge in [-0.1, -0.05) is 12.8 Å². The van der Waals surface area contributed by atoms with Gasteiger partial charge in [0.05, 0.1) is 31.6 Å². The Labute approximate surface area is 203 Å². The third-order valence-electron chi connectivity index (χ3n) is 8.31. The molecule has 34 heavy (non-hydrogen) atoms. The molecule has 2 saturated heterocycles. The SMILES string of the molecule is CC(=O)N1C2CCC(C3CCCC(NS(C)(=O)=O)C3)CC2N(C(=O)OC2CCOCC2)C[C@@H]1C. The number of ether oxygens (including phenoxy) is 2. The van der Waals surface area contributed by atoms with Crippen LogP contribution in [0.1, 0.15) is 71.6 Å². The van der Waals surface area contributed by atoms with Gasteiger partial charge in [-0.25, -0.2) is 17.9 Å². The second-order valence-corrected chi connectivity index (χ2v) is 12.6. The van der Waals surface area contributed by atoms with Crippen LogP contribution in [0.2, 0.25) is 0 Å². The third-order valence-corrected chi connectivity index (χ3v) is 9.07. The molecule has 0 radical (unpaired) electrons. The summed E-state index contributed by atoms with van der Waals surface area (Å²) in [5.41, 5.74) is 0. The molecule has 2 aliphatic heterocycles. The topological polar surface area (TPSA) is 105 Å². The number of hydrogen-bond acceptors (Lipinski definition) is 6. The number of rotatable bonds is 4. The van der Waals surface area contributed by atoms with Crippen molar-refractivity contribution in [2.45, 2.75) is 102 Å². The van der Waals surface area contributed by atoms with Crippen molar-refractivity contribution >= 4 is 22.0 Å². The highest BCUT2D eigenvalue weighted by Gasteiger charge is 2.48. The van der Waals surface area contributed by atoms with Crippen LogP contribution in [0.15, 0.2) is 0 Å². The lowest BCUT2D eigenvalue weighted by Crippen LogP contribution is -2.67. The van der Waals surface area contributed by atoms with E-state index in [2.05, 4.69) is 4.72 Å². The largest absolute Gasteiger partial charge is 0.446 e. The highest BCUT2D eigenvalue weighted by atomic mass is 32.2. The van der Waals surface area contributed by atoms with E-state index >= 15 is 0 Å². The lowest BCUT2D eigenvalue weighted by atomic mass is 9.69. The van der Waals surface area contributed by atoms with Crippen molar-refractivity contribution < 1.29 is 27.5 Å². The quantitative estimate of drug-likeness (QED) is 0.637. The van der Waals surface area contributed by atoms with Crippen molar-refractivity contribution in [3.8, 4) is 0 Å². The number of nitrogens with one attached hydrogen (secondary N) is 1. The van der Waals surface area contributed by atoms with Crippen LogP contribution in [0.5, 0.6) is 0 Å². The van der Waals surface area contributed by atoms with Gasteiger partial charge >= 0.3 is 6.09 Å². The molecule has 5 unspecified atom stereocenters. The predicted molar refractivity (Wildman–Crippen MR) is 128 cm³/mol. The fourth-order valence-electron chi connectivity index (χ4n) is 6.91. The van der Waals surface area contributed by atoms with E-state index in [-0.39, 0.29) is 42.3 Å². The lowest BCUT2D eigenvalue weighted by molar-refractivity contribution is -0.143. The number of nitrogens with zero attached hydrogens (tertiary/aromatic N) is 2. The van der Waals surface area contributed by atoms with Crippen LogP contribution >= 0.6 is 0 Å². The molecule has 0 aromatic rings. The van der Waals surface area contributed by atoms with Crippen LogP contribution in [-0.4, -0.2) is 86.5 Å². The van der Waals surface area contributed by atoms with Gasteiger partial charge in [0.15, 0.2) is 0 Å². The third kappa shape index (κ3) is 6.05. The average Bonchev–Trinajstić information content (AvgIpc) is 2.77. The molecule has 6 atom stereocenters. The van der Waals surface area contributed by atoms with Gasteiger partial charge < -0.3 is 19.3 Å². The first-order chi connectivity index (χ1) is 16.1. The van der Waals surface area contributed by atoms with Gasteiger partial charge in [0.25, 0.3) is 0 Å². The molecular formula is C24H41N3O6S. The van der Waals surface area contributed by atoms with Crippen LogP contribution < -0.4 is 4.72 Å². The maximum atomic E-state index is 13.3. The number of piperazine rings is 1. The summed E-state index contributed by atoms with van der Waals surface area (Å²) >= 11 is 0. The minimum atomic E-state index is -3.23. The van der Waals surface area contributed by atoms with E-state index in [0.29, 0.717) is 31.6 Å². The van der Waals surface area contributed by atoms with Gasteiger partial charge in [-0.15, -0.1) is 0 Å². The van der Waals surface area contributed by atoms with Crippen molar-refractivity contribution in [1.82, 2.24) is 14.5 Å². The molecular weight excluding hydrogens is 458 g/mol. The molecule has 2 heterocycles. The molecule has 0 bridgehead atoms. The zero-order chi connectivity index (χ0) is 24.5. The molecule has 194 valence electrons. The molecule has 4 aliphatic rings. The number of fused-ring (bicyclic) bond motifs is 1. The summed E-state index contributed by atoms with van der Waals surface area (Å²) in [6.45, 7) is 5.35. The van der Waals surface area contributed by atoms with Gasteiger partial charge in [-0.3, -0.25) is 4.79 Å². The summed E-state index contributed by atoms with van der Waals surface area (Å²) in [5.74, 6) is 0.895. The molecule has 4 fully saturated rings. The zero-order valence-electron chi connectivity index (χ0n) is 20.8. The van der Waals surface area contributed by atoms with Crippen molar-refractivity contribution in [1.29, 1.82) is 0 Å². The highest BCUT2D eigenvalue weighted by Crippen LogP contribution is 2.43. The molecule has 2 saturated carbocycles. The van der Waals surface area contributed by atoms with Crippen molar-refractivity contribution in [3.05, 3.63) is 0 Å². The van der Waals surface area contributed by atoms with Crippen LogP contribution in [0, 0.1) is 11.8 Å². The van der Waals surface area contributed by atoms with Gasteiger partial charge in [-0.05, 0) is 50.9 Å². The maximum absolute atomic E-state index is 13.3. The average molecular weight is 500 g/mol. The zero-order valence-corrected chi connectivity index (χ0v) is 21.6. The normalized spacial score (nSPS) is 35.5. The summed E-state index contributed by atoms with van der Waals surface area (Å²) < 4.78 is 37.6. The lowest BCUT2D eigenvalue weighted by Gasteiger charge is -2.54. The van der Waals surface area contributed by atoms with E-state index in [1.807, 2.05) is 16.7 Å². The maximum Gasteiger partial charge on any atom is 0.410 e. The van der Waals surface area contributed by atoms with Crippen molar-refractivity contribution in [2.24, 2.45) is 11.8 Å². The Balaban J connectivity index is 1.48. The first-order valence-electron chi connectivity index (χ1n) is 12.9. The smallest absolute Gasteiger partial charge is 0.410 e. The molecule has 0 aromatic heterocycles. The Morgan fingerprint density at radius 2 is 1.68 bits per heavy atom. The Morgan fingerprint density at radius 3 is 2.35 bits per heavy atom. The van der Waals surface area contributed by atoms with Crippen LogP contribution in [0.3, 0.4) is 0 Å². The second kappa shape index (κ2) is 10.7. The minimum absolute atomic E-state index is 0.00766. The monoisotopic (exact) mass is 499 g/mol. The van der Waals surface area contributed by atoms with Gasteiger partial charge in [0.1, 0.15) is 6.10 Å². The summed E-state index contributed by atoms with van der Waals surface area (Å²) in [5, 5.41) is 0. The van der Waals surface area contributed by atoms with Gasteiger partial charge in [0.2, 0.25) is 15.9 Å². The number of amides is 2. The van der Waals surface area contributed by atoms with Crippen LogP contribution in [-0.2, 0) is 24.3 Å². The van der Waals surface area contributed by atoms with E-state index in [0.717, 1.165) is 57.8 Å². The fraction of sp³-hybridized carbons (Fsp3) is 0.917. The first kappa shape index (κ1) is 25.7. The molecule has 4 rings (SSSR count). The van der Waals surface area contributed by atoms with E-state index in [1.54, 1.807) is 6.92 Å². The minimum Gasteiger partial charge on any atom is -0.446 e. The summed E-state index contributed by atoms with van der Waals surface area (Å²) in [7, 11) is -3.23. The number of sulfonamides is 1.